The zero-order chi connectivity index (χ0) is 34.4. The minimum Gasteiger partial charge on any atom is -0.465 e. The molecule has 5 aliphatic rings. The number of nitrogens with one attached hydrogen (secondary N) is 2. The lowest BCUT2D eigenvalue weighted by atomic mass is 10.0. The Labute approximate surface area is 279 Å². The Bertz CT molecular complexity index is 1660. The molecule has 48 heavy (non-hydrogen) atoms. The van der Waals surface area contributed by atoms with Crippen molar-refractivity contribution >= 4 is 46.2 Å². The highest BCUT2D eigenvalue weighted by atomic mass is 32.2. The first-order valence-electron chi connectivity index (χ1n) is 16.6. The Balaban J connectivity index is 0.925. The fraction of sp³-hybridized carbons (Fsp3) is 0.594. The SMILES string of the molecule is CCC1C2(NC(=O)C3CCCN3C(=O)CNC(=O)N(C)CCCCC=Cc3cccc4c3CN(C(=O)O)C4)C(=O)[N+]12S(=O)(=O)OC1CC1. The number of urea groups is 1. The van der Waals surface area contributed by atoms with E-state index in [4.69, 9.17) is 4.18 Å². The molecule has 0 aromatic heterocycles. The number of hydrogen-bond acceptors (Lipinski definition) is 8. The van der Waals surface area contributed by atoms with Crippen LogP contribution in [0.25, 0.3) is 6.08 Å². The van der Waals surface area contributed by atoms with Crippen molar-refractivity contribution in [3.63, 3.8) is 0 Å². The average molecular weight is 688 g/mol. The molecule has 4 fully saturated rings. The third kappa shape index (κ3) is 5.72. The first kappa shape index (κ1) is 33.9. The van der Waals surface area contributed by atoms with Gasteiger partial charge in [-0.25, -0.2) is 18.6 Å². The minimum atomic E-state index is -4.25. The number of benzene rings is 1. The normalized spacial score (nSPS) is 27.1. The van der Waals surface area contributed by atoms with Crippen molar-refractivity contribution in [3.8, 4) is 0 Å². The summed E-state index contributed by atoms with van der Waals surface area (Å²) in [5, 5.41) is 14.6. The minimum absolute atomic E-state index is 0.304. The summed E-state index contributed by atoms with van der Waals surface area (Å²) in [6, 6.07) is 3.94. The van der Waals surface area contributed by atoms with E-state index in [0.717, 1.165) is 36.0 Å². The van der Waals surface area contributed by atoms with Crippen molar-refractivity contribution in [1.82, 2.24) is 25.3 Å². The standard InChI is InChI=1S/C32H42N6O9S/c1-3-26-32(29(41)38(26,32)48(45,46)47-23-14-15-23)34-28(40)25-13-9-17-37(25)27(39)18-33-30(42)35(2)16-7-5-4-6-10-21-11-8-12-22-19-36(31(43)44)20-24(21)22/h6,8,10-12,23,25-26H,3-5,7,9,13-20H2,1-2H3,(H2-,33,34,40,42,43,44)/p+1. The van der Waals surface area contributed by atoms with Gasteiger partial charge in [0.15, 0.2) is 0 Å². The Morgan fingerprint density at radius 3 is 2.65 bits per heavy atom. The lowest BCUT2D eigenvalue weighted by molar-refractivity contribution is -0.540. The molecule has 0 spiro atoms. The molecule has 0 bridgehead atoms. The molecule has 4 aliphatic heterocycles. The Morgan fingerprint density at radius 1 is 1.17 bits per heavy atom. The van der Waals surface area contributed by atoms with Crippen molar-refractivity contribution < 1.29 is 45.6 Å². The molecule has 4 atom stereocenters. The molecule has 4 unspecified atom stereocenters. The first-order chi connectivity index (χ1) is 22.9. The van der Waals surface area contributed by atoms with E-state index < -0.39 is 67.9 Å². The van der Waals surface area contributed by atoms with E-state index in [1.165, 1.54) is 14.7 Å². The summed E-state index contributed by atoms with van der Waals surface area (Å²) in [5.41, 5.74) is 1.51. The fourth-order valence-electron chi connectivity index (χ4n) is 7.29. The molecule has 15 nitrogen and oxygen atoms in total. The van der Waals surface area contributed by atoms with Gasteiger partial charge in [-0.2, -0.15) is 0 Å². The van der Waals surface area contributed by atoms with Crippen LogP contribution in [0, 0.1) is 0 Å². The number of rotatable bonds is 14. The largest absolute Gasteiger partial charge is 0.465 e. The molecular formula is C32H43N6O9S+. The molecule has 1 aliphatic carbocycles. The van der Waals surface area contributed by atoms with Gasteiger partial charge in [-0.1, -0.05) is 41.2 Å². The number of carbonyl (C=O) groups is 5. The van der Waals surface area contributed by atoms with Crippen molar-refractivity contribution in [2.45, 2.75) is 95.2 Å². The summed E-state index contributed by atoms with van der Waals surface area (Å²) in [4.78, 5) is 67.5. The summed E-state index contributed by atoms with van der Waals surface area (Å²) in [5.74, 6) is -1.63. The maximum Gasteiger partial charge on any atom is 0.446 e. The second-order valence-electron chi connectivity index (χ2n) is 13.2. The number of fused-ring (bicyclic) bond motifs is 2. The van der Waals surface area contributed by atoms with Crippen LogP contribution in [-0.2, 0) is 42.0 Å². The van der Waals surface area contributed by atoms with Crippen molar-refractivity contribution in [2.24, 2.45) is 0 Å². The second-order valence-corrected chi connectivity index (χ2v) is 14.8. The van der Waals surface area contributed by atoms with Crippen LogP contribution in [-0.4, -0.2) is 112 Å². The summed E-state index contributed by atoms with van der Waals surface area (Å²) < 4.78 is 30.2. The number of nitrogens with zero attached hydrogens (tertiary/aromatic N) is 4. The number of carbonyl (C=O) groups excluding carboxylic acids is 4. The van der Waals surface area contributed by atoms with Gasteiger partial charge in [-0.05, 0) is 61.6 Å². The lowest BCUT2D eigenvalue weighted by Crippen LogP contribution is -2.52. The third-order valence-corrected chi connectivity index (χ3v) is 12.0. The maximum atomic E-state index is 13.3. The number of allylic oxidation sites excluding steroid dienone is 1. The summed E-state index contributed by atoms with van der Waals surface area (Å²) in [6.07, 6.45) is 7.54. The number of quaternary nitrogens is 1. The van der Waals surface area contributed by atoms with Gasteiger partial charge in [0.2, 0.25) is 17.9 Å². The van der Waals surface area contributed by atoms with Gasteiger partial charge >= 0.3 is 34.0 Å². The van der Waals surface area contributed by atoms with Crippen LogP contribution in [0.2, 0.25) is 0 Å². The number of unbranched alkanes of at least 4 members (excludes halogenated alkanes) is 2. The number of amides is 6. The van der Waals surface area contributed by atoms with E-state index in [0.29, 0.717) is 58.3 Å². The van der Waals surface area contributed by atoms with Crippen LogP contribution in [0.4, 0.5) is 9.59 Å². The van der Waals surface area contributed by atoms with Crippen molar-refractivity contribution in [3.05, 3.63) is 41.0 Å². The van der Waals surface area contributed by atoms with E-state index in [1.807, 2.05) is 30.4 Å². The van der Waals surface area contributed by atoms with Crippen LogP contribution < -0.4 is 10.6 Å². The zero-order valence-electron chi connectivity index (χ0n) is 27.2. The molecule has 260 valence electrons. The van der Waals surface area contributed by atoms with Crippen LogP contribution in [0.15, 0.2) is 24.3 Å². The Kier molecular flexibility index (Phi) is 9.02. The first-order valence-corrected chi connectivity index (χ1v) is 18.0. The fourth-order valence-corrected chi connectivity index (χ4v) is 9.43. The predicted octanol–water partition coefficient (Wildman–Crippen LogP) is 1.88. The van der Waals surface area contributed by atoms with Crippen LogP contribution in [0.1, 0.15) is 75.0 Å². The monoisotopic (exact) mass is 687 g/mol. The van der Waals surface area contributed by atoms with Crippen molar-refractivity contribution in [2.75, 3.05) is 26.7 Å². The second kappa shape index (κ2) is 12.8. The molecule has 6 rings (SSSR count). The van der Waals surface area contributed by atoms with Crippen molar-refractivity contribution in [1.29, 1.82) is 0 Å². The molecule has 3 saturated heterocycles. The molecule has 1 aromatic rings. The van der Waals surface area contributed by atoms with E-state index in [1.54, 1.807) is 14.0 Å². The quantitative estimate of drug-likeness (QED) is 0.114. The van der Waals surface area contributed by atoms with Gasteiger partial charge in [0.1, 0.15) is 6.04 Å². The van der Waals surface area contributed by atoms with E-state index in [-0.39, 0.29) is 6.54 Å². The average Bonchev–Trinajstić information content (AvgIpc) is 3.93. The summed E-state index contributed by atoms with van der Waals surface area (Å²) in [7, 11) is -2.61. The molecule has 1 saturated carbocycles. The highest BCUT2D eigenvalue weighted by Crippen LogP contribution is 2.70. The molecule has 6 amide bonds. The highest BCUT2D eigenvalue weighted by molar-refractivity contribution is 7.82. The number of carboxylic acid groups (broad SMARTS) is 1. The number of likely N-dealkylation sites (tertiary alicyclic amines) is 1. The predicted molar refractivity (Wildman–Crippen MR) is 171 cm³/mol. The number of β-lactam (4-membered cyclic amide) rings is 1. The van der Waals surface area contributed by atoms with Gasteiger partial charge in [0.25, 0.3) is 0 Å². The molecule has 0 radical (unpaired) electrons. The molecule has 3 N–H and O–H groups in total. The van der Waals surface area contributed by atoms with E-state index >= 15 is 0 Å². The third-order valence-electron chi connectivity index (χ3n) is 10.1. The van der Waals surface area contributed by atoms with Crippen LogP contribution in [0.3, 0.4) is 0 Å². The maximum absolute atomic E-state index is 13.3. The van der Waals surface area contributed by atoms with Gasteiger partial charge in [-0.3, -0.25) is 19.8 Å². The lowest BCUT2D eigenvalue weighted by Gasteiger charge is -2.24. The molecule has 4 heterocycles. The smallest absolute Gasteiger partial charge is 0.446 e. The topological polar surface area (TPSA) is 183 Å². The highest BCUT2D eigenvalue weighted by Gasteiger charge is 3.14. The van der Waals surface area contributed by atoms with Crippen LogP contribution >= 0.6 is 0 Å². The van der Waals surface area contributed by atoms with Crippen LogP contribution in [0.5, 0.6) is 0 Å². The van der Waals surface area contributed by atoms with Gasteiger partial charge in [-0.15, -0.1) is 8.42 Å². The number of hydrogen-bond donors (Lipinski definition) is 3. The van der Waals surface area contributed by atoms with E-state index in [2.05, 4.69) is 10.6 Å². The van der Waals surface area contributed by atoms with Gasteiger partial charge in [0, 0.05) is 33.1 Å². The Morgan fingerprint density at radius 2 is 1.94 bits per heavy atom. The van der Waals surface area contributed by atoms with Gasteiger partial charge < -0.3 is 20.2 Å². The van der Waals surface area contributed by atoms with Gasteiger partial charge in [0.05, 0.1) is 19.2 Å². The zero-order valence-corrected chi connectivity index (χ0v) is 28.0. The van der Waals surface area contributed by atoms with E-state index in [9.17, 15) is 37.5 Å². The summed E-state index contributed by atoms with van der Waals surface area (Å²) >= 11 is 0. The molecular weight excluding hydrogens is 644 g/mol. The summed E-state index contributed by atoms with van der Waals surface area (Å²) in [6.45, 7) is 3.00. The molecule has 1 aromatic carbocycles. The Hall–Kier alpha value is -4.02. The molecule has 16 heteroatoms.